The lowest BCUT2D eigenvalue weighted by Crippen LogP contribution is -2.47. The molecule has 1 aromatic carbocycles. The molecule has 152 valence electrons. The van der Waals surface area contributed by atoms with Crippen molar-refractivity contribution in [2.75, 3.05) is 31.7 Å². The summed E-state index contributed by atoms with van der Waals surface area (Å²) in [6.07, 6.45) is 6.44. The Morgan fingerprint density at radius 3 is 2.79 bits per heavy atom. The number of aliphatic hydroxyl groups excluding tert-OH is 1. The number of hydrogen-bond acceptors (Lipinski definition) is 6. The Morgan fingerprint density at radius 1 is 1.21 bits per heavy atom. The summed E-state index contributed by atoms with van der Waals surface area (Å²) in [4.78, 5) is 6.56. The van der Waals surface area contributed by atoms with Gasteiger partial charge in [0, 0.05) is 37.9 Å². The number of ether oxygens (including phenoxy) is 1. The molecule has 2 aromatic heterocycles. The van der Waals surface area contributed by atoms with Crippen molar-refractivity contribution in [3.63, 3.8) is 0 Å². The number of aromatic nitrogens is 4. The molecule has 0 saturated carbocycles. The number of aryl methyl sites for hydroxylation is 1. The highest BCUT2D eigenvalue weighted by molar-refractivity contribution is 5.52. The first kappa shape index (κ1) is 19.4. The summed E-state index contributed by atoms with van der Waals surface area (Å²) in [5, 5.41) is 19.1. The Labute approximate surface area is 171 Å². The second-order valence-electron chi connectivity index (χ2n) is 7.85. The van der Waals surface area contributed by atoms with E-state index in [0.29, 0.717) is 0 Å². The highest BCUT2D eigenvalue weighted by Gasteiger charge is 2.36. The Kier molecular flexibility index (Phi) is 5.49. The molecule has 4 rings (SSSR count). The number of benzene rings is 1. The minimum absolute atomic E-state index is 0.138. The van der Waals surface area contributed by atoms with Gasteiger partial charge in [0.05, 0.1) is 13.7 Å². The Bertz CT molecular complexity index is 956. The van der Waals surface area contributed by atoms with Gasteiger partial charge in [0.2, 0.25) is 0 Å². The van der Waals surface area contributed by atoms with E-state index in [1.165, 1.54) is 5.56 Å². The van der Waals surface area contributed by atoms with E-state index >= 15 is 0 Å². The molecule has 0 spiro atoms. The van der Waals surface area contributed by atoms with Gasteiger partial charge in [-0.2, -0.15) is 0 Å². The highest BCUT2D eigenvalue weighted by Crippen LogP contribution is 2.35. The molecule has 1 aliphatic rings. The standard InChI is InChI=1S/C22H27N5O2/c1-26-12-10-23-21(26)19-7-8-20(25-24-19)27-11-4-9-22(15-27,16-28)14-17-5-3-6-18(13-17)29-2/h3,5-8,10,12-13,28H,4,9,11,14-16H2,1-2H3/t22-/m0/s1. The van der Waals surface area contributed by atoms with Gasteiger partial charge in [-0.15, -0.1) is 10.2 Å². The fraction of sp³-hybridized carbons (Fsp3) is 0.409. The molecular formula is C22H27N5O2. The number of methoxy groups -OCH3 is 1. The number of aliphatic hydroxyl groups is 1. The van der Waals surface area contributed by atoms with Crippen LogP contribution in [0.15, 0.2) is 48.8 Å². The zero-order valence-corrected chi connectivity index (χ0v) is 17.0. The number of rotatable bonds is 6. The van der Waals surface area contributed by atoms with Crippen LogP contribution in [-0.4, -0.2) is 51.7 Å². The molecule has 1 fully saturated rings. The average molecular weight is 393 g/mol. The van der Waals surface area contributed by atoms with Crippen LogP contribution in [0.25, 0.3) is 11.5 Å². The van der Waals surface area contributed by atoms with Gasteiger partial charge in [-0.3, -0.25) is 0 Å². The van der Waals surface area contributed by atoms with Gasteiger partial charge in [0.15, 0.2) is 11.6 Å². The van der Waals surface area contributed by atoms with Gasteiger partial charge in [-0.1, -0.05) is 12.1 Å². The minimum atomic E-state index is -0.204. The molecular weight excluding hydrogens is 366 g/mol. The van der Waals surface area contributed by atoms with E-state index < -0.39 is 0 Å². The highest BCUT2D eigenvalue weighted by atomic mass is 16.5. The molecule has 7 nitrogen and oxygen atoms in total. The van der Waals surface area contributed by atoms with E-state index in [1.54, 1.807) is 13.3 Å². The molecule has 3 aromatic rings. The first-order valence-electron chi connectivity index (χ1n) is 9.93. The quantitative estimate of drug-likeness (QED) is 0.694. The minimum Gasteiger partial charge on any atom is -0.497 e. The molecule has 0 radical (unpaired) electrons. The first-order valence-corrected chi connectivity index (χ1v) is 9.93. The van der Waals surface area contributed by atoms with Crippen molar-refractivity contribution in [1.82, 2.24) is 19.7 Å². The fourth-order valence-electron chi connectivity index (χ4n) is 4.17. The number of anilines is 1. The third kappa shape index (κ3) is 4.10. The largest absolute Gasteiger partial charge is 0.497 e. The third-order valence-electron chi connectivity index (χ3n) is 5.73. The van der Waals surface area contributed by atoms with E-state index in [2.05, 4.69) is 32.2 Å². The van der Waals surface area contributed by atoms with Crippen LogP contribution in [0.3, 0.4) is 0 Å². The van der Waals surface area contributed by atoms with E-state index in [9.17, 15) is 5.11 Å². The lowest BCUT2D eigenvalue weighted by molar-refractivity contribution is 0.105. The molecule has 0 aliphatic carbocycles. The SMILES string of the molecule is COc1cccc(C[C@@]2(CO)CCCN(c3ccc(-c4nccn4C)nn3)C2)c1. The summed E-state index contributed by atoms with van der Waals surface area (Å²) in [5.41, 5.74) is 1.73. The van der Waals surface area contributed by atoms with Crippen molar-refractivity contribution in [3.8, 4) is 17.3 Å². The summed E-state index contributed by atoms with van der Waals surface area (Å²) in [7, 11) is 3.62. The smallest absolute Gasteiger partial charge is 0.160 e. The van der Waals surface area contributed by atoms with Crippen LogP contribution >= 0.6 is 0 Å². The molecule has 7 heteroatoms. The Morgan fingerprint density at radius 2 is 2.10 bits per heavy atom. The summed E-state index contributed by atoms with van der Waals surface area (Å²) >= 11 is 0. The van der Waals surface area contributed by atoms with Crippen molar-refractivity contribution < 1.29 is 9.84 Å². The lowest BCUT2D eigenvalue weighted by Gasteiger charge is -2.42. The first-order chi connectivity index (χ1) is 14.1. The zero-order chi connectivity index (χ0) is 20.3. The normalized spacial score (nSPS) is 19.3. The van der Waals surface area contributed by atoms with Gasteiger partial charge in [-0.05, 0) is 49.1 Å². The predicted octanol–water partition coefficient (Wildman–Crippen LogP) is 2.71. The fourth-order valence-corrected chi connectivity index (χ4v) is 4.17. The molecule has 1 atom stereocenters. The molecule has 0 amide bonds. The van der Waals surface area contributed by atoms with Crippen molar-refractivity contribution in [2.24, 2.45) is 12.5 Å². The number of piperidine rings is 1. The van der Waals surface area contributed by atoms with Crippen LogP contribution in [0.5, 0.6) is 5.75 Å². The van der Waals surface area contributed by atoms with Crippen LogP contribution in [-0.2, 0) is 13.5 Å². The second kappa shape index (κ2) is 8.21. The summed E-state index contributed by atoms with van der Waals surface area (Å²) in [6, 6.07) is 12.1. The van der Waals surface area contributed by atoms with Crippen LogP contribution in [0.2, 0.25) is 0 Å². The summed E-state index contributed by atoms with van der Waals surface area (Å²) < 4.78 is 7.28. The van der Waals surface area contributed by atoms with E-state index in [1.807, 2.05) is 42.1 Å². The van der Waals surface area contributed by atoms with Gasteiger partial charge in [0.25, 0.3) is 0 Å². The molecule has 1 N–H and O–H groups in total. The predicted molar refractivity (Wildman–Crippen MR) is 112 cm³/mol. The second-order valence-corrected chi connectivity index (χ2v) is 7.85. The Balaban J connectivity index is 1.52. The van der Waals surface area contributed by atoms with E-state index in [-0.39, 0.29) is 12.0 Å². The number of hydrogen-bond donors (Lipinski definition) is 1. The Hall–Kier alpha value is -2.93. The molecule has 1 saturated heterocycles. The maximum absolute atomic E-state index is 10.3. The molecule has 0 bridgehead atoms. The maximum Gasteiger partial charge on any atom is 0.160 e. The summed E-state index contributed by atoms with van der Waals surface area (Å²) in [5.74, 6) is 2.48. The molecule has 1 aliphatic heterocycles. The average Bonchev–Trinajstić information content (AvgIpc) is 3.20. The van der Waals surface area contributed by atoms with Crippen LogP contribution in [0.4, 0.5) is 5.82 Å². The van der Waals surface area contributed by atoms with Crippen LogP contribution in [0.1, 0.15) is 18.4 Å². The van der Waals surface area contributed by atoms with Gasteiger partial charge in [-0.25, -0.2) is 4.98 Å². The maximum atomic E-state index is 10.3. The van der Waals surface area contributed by atoms with Crippen molar-refractivity contribution >= 4 is 5.82 Å². The number of imidazole rings is 1. The van der Waals surface area contributed by atoms with Gasteiger partial charge >= 0.3 is 0 Å². The summed E-state index contributed by atoms with van der Waals surface area (Å²) in [6.45, 7) is 1.80. The molecule has 29 heavy (non-hydrogen) atoms. The van der Waals surface area contributed by atoms with Gasteiger partial charge in [0.1, 0.15) is 11.4 Å². The van der Waals surface area contributed by atoms with Crippen molar-refractivity contribution in [2.45, 2.75) is 19.3 Å². The van der Waals surface area contributed by atoms with Crippen molar-refractivity contribution in [3.05, 3.63) is 54.4 Å². The third-order valence-corrected chi connectivity index (χ3v) is 5.73. The van der Waals surface area contributed by atoms with Crippen LogP contribution in [0, 0.1) is 5.41 Å². The lowest BCUT2D eigenvalue weighted by atomic mass is 9.75. The van der Waals surface area contributed by atoms with Crippen molar-refractivity contribution in [1.29, 1.82) is 0 Å². The zero-order valence-electron chi connectivity index (χ0n) is 17.0. The molecule has 0 unspecified atom stereocenters. The molecule has 3 heterocycles. The monoisotopic (exact) mass is 393 g/mol. The topological polar surface area (TPSA) is 76.3 Å². The number of nitrogens with zero attached hydrogens (tertiary/aromatic N) is 5. The van der Waals surface area contributed by atoms with E-state index in [0.717, 1.165) is 55.4 Å². The van der Waals surface area contributed by atoms with Gasteiger partial charge < -0.3 is 19.3 Å². The van der Waals surface area contributed by atoms with Crippen LogP contribution < -0.4 is 9.64 Å². The van der Waals surface area contributed by atoms with E-state index in [4.69, 9.17) is 4.74 Å².